The highest BCUT2D eigenvalue weighted by Gasteiger charge is 2.26. The van der Waals surface area contributed by atoms with Gasteiger partial charge < -0.3 is 9.64 Å². The van der Waals surface area contributed by atoms with Gasteiger partial charge in [0.1, 0.15) is 5.82 Å². The Morgan fingerprint density at radius 2 is 1.78 bits per heavy atom. The molecule has 1 heterocycles. The number of hydrogen-bond acceptors (Lipinski definition) is 4. The topological polar surface area (TPSA) is 87.9 Å². The number of ether oxygens (including phenoxy) is 1. The molecule has 3 rings (SSSR count). The van der Waals surface area contributed by atoms with E-state index in [1.807, 2.05) is 0 Å². The highest BCUT2D eigenvalue weighted by Crippen LogP contribution is 2.23. The van der Waals surface area contributed by atoms with Crippen LogP contribution in [0, 0.1) is 5.82 Å². The first-order valence-electron chi connectivity index (χ1n) is 8.59. The minimum atomic E-state index is -0.474. The molecular formula is C19H21FN4O3. The van der Waals surface area contributed by atoms with Gasteiger partial charge in [0.25, 0.3) is 5.91 Å². The smallest absolute Gasteiger partial charge is 0.325 e. The molecular weight excluding hydrogens is 351 g/mol. The number of benzene rings is 2. The van der Waals surface area contributed by atoms with Crippen LogP contribution in [0.15, 0.2) is 48.5 Å². The Balaban J connectivity index is 1.86. The number of nitrogens with zero attached hydrogens (tertiary/aromatic N) is 2. The summed E-state index contributed by atoms with van der Waals surface area (Å²) in [4.78, 5) is 27.6. The minimum absolute atomic E-state index is 0.168. The molecule has 0 bridgehead atoms. The van der Waals surface area contributed by atoms with Gasteiger partial charge in [-0.05, 0) is 29.8 Å². The average molecular weight is 372 g/mol. The van der Waals surface area contributed by atoms with E-state index in [1.165, 1.54) is 11.0 Å². The van der Waals surface area contributed by atoms with Gasteiger partial charge in [-0.2, -0.15) is 0 Å². The lowest BCUT2D eigenvalue weighted by Gasteiger charge is -2.33. The van der Waals surface area contributed by atoms with E-state index in [-0.39, 0.29) is 18.3 Å². The van der Waals surface area contributed by atoms with Crippen LogP contribution in [-0.2, 0) is 11.3 Å². The first kappa shape index (κ1) is 18.8. The largest absolute Gasteiger partial charge is 0.378 e. The van der Waals surface area contributed by atoms with Crippen LogP contribution in [0.1, 0.15) is 15.9 Å². The molecule has 0 aliphatic carbocycles. The monoisotopic (exact) mass is 372 g/mol. The van der Waals surface area contributed by atoms with E-state index in [0.29, 0.717) is 31.9 Å². The summed E-state index contributed by atoms with van der Waals surface area (Å²) in [5.74, 6) is 4.25. The van der Waals surface area contributed by atoms with Gasteiger partial charge in [0, 0.05) is 18.7 Å². The highest BCUT2D eigenvalue weighted by atomic mass is 19.1. The predicted octanol–water partition coefficient (Wildman–Crippen LogP) is 1.89. The number of anilines is 1. The van der Waals surface area contributed by atoms with Crippen LogP contribution in [0.25, 0.3) is 0 Å². The van der Waals surface area contributed by atoms with Crippen LogP contribution in [0.3, 0.4) is 0 Å². The van der Waals surface area contributed by atoms with Gasteiger partial charge in [0.15, 0.2) is 0 Å². The fourth-order valence-corrected chi connectivity index (χ4v) is 2.88. The minimum Gasteiger partial charge on any atom is -0.378 e. The Morgan fingerprint density at radius 3 is 2.41 bits per heavy atom. The molecule has 0 atom stereocenters. The molecule has 27 heavy (non-hydrogen) atoms. The third-order valence-corrected chi connectivity index (χ3v) is 4.34. The van der Waals surface area contributed by atoms with Crippen molar-refractivity contribution in [3.05, 3.63) is 65.5 Å². The van der Waals surface area contributed by atoms with Crippen molar-refractivity contribution in [3.63, 3.8) is 0 Å². The maximum absolute atomic E-state index is 14.4. The average Bonchev–Trinajstić information content (AvgIpc) is 2.72. The van der Waals surface area contributed by atoms with Gasteiger partial charge in [0.05, 0.1) is 25.4 Å². The number of hydrogen-bond donors (Lipinski definition) is 2. The third-order valence-electron chi connectivity index (χ3n) is 4.34. The fourth-order valence-electron chi connectivity index (χ4n) is 2.88. The summed E-state index contributed by atoms with van der Waals surface area (Å²) in [5.41, 5.74) is 3.43. The second-order valence-corrected chi connectivity index (χ2v) is 6.09. The van der Waals surface area contributed by atoms with Crippen molar-refractivity contribution in [2.45, 2.75) is 6.54 Å². The predicted molar refractivity (Wildman–Crippen MR) is 98.5 cm³/mol. The van der Waals surface area contributed by atoms with Gasteiger partial charge in [-0.25, -0.2) is 15.0 Å². The van der Waals surface area contributed by atoms with Crippen molar-refractivity contribution in [1.82, 2.24) is 10.3 Å². The zero-order valence-electron chi connectivity index (χ0n) is 14.7. The van der Waals surface area contributed by atoms with Crippen LogP contribution in [0.4, 0.5) is 14.9 Å². The number of nitrogens with one attached hydrogen (secondary N) is 1. The van der Waals surface area contributed by atoms with Crippen LogP contribution in [0.2, 0.25) is 0 Å². The zero-order chi connectivity index (χ0) is 19.2. The number of para-hydroxylation sites is 1. The summed E-state index contributed by atoms with van der Waals surface area (Å²) in [6, 6.07) is 12.5. The van der Waals surface area contributed by atoms with Gasteiger partial charge in [0.2, 0.25) is 0 Å². The number of morpholine rings is 1. The molecule has 1 saturated heterocycles. The standard InChI is InChI=1S/C19H21FN4O3/c20-16-3-1-2-4-17(16)24(19(26)23-9-11-27-12-10-23)13-14-5-7-15(8-6-14)18(25)22-21/h1-8H,9-13,21H2,(H,22,25). The maximum Gasteiger partial charge on any atom is 0.325 e. The lowest BCUT2D eigenvalue weighted by Crippen LogP contribution is -2.48. The fraction of sp³-hybridized carbons (Fsp3) is 0.263. The second kappa shape index (κ2) is 8.61. The molecule has 0 spiro atoms. The zero-order valence-corrected chi connectivity index (χ0v) is 14.7. The number of halogens is 1. The van der Waals surface area contributed by atoms with Crippen LogP contribution < -0.4 is 16.2 Å². The van der Waals surface area contributed by atoms with Gasteiger partial charge in [-0.15, -0.1) is 0 Å². The molecule has 2 aromatic carbocycles. The number of carbonyl (C=O) groups is 2. The molecule has 7 nitrogen and oxygen atoms in total. The van der Waals surface area contributed by atoms with Crippen molar-refractivity contribution in [3.8, 4) is 0 Å². The molecule has 1 aliphatic rings. The molecule has 1 fully saturated rings. The number of rotatable bonds is 4. The van der Waals surface area contributed by atoms with Gasteiger partial charge >= 0.3 is 6.03 Å². The number of urea groups is 1. The SMILES string of the molecule is NNC(=O)c1ccc(CN(C(=O)N2CCOCC2)c2ccccc2F)cc1. The molecule has 8 heteroatoms. The summed E-state index contributed by atoms with van der Waals surface area (Å²) in [5, 5.41) is 0. The summed E-state index contributed by atoms with van der Waals surface area (Å²) < 4.78 is 19.7. The van der Waals surface area contributed by atoms with E-state index in [1.54, 1.807) is 47.4 Å². The molecule has 142 valence electrons. The summed E-state index contributed by atoms with van der Waals surface area (Å²) >= 11 is 0. The number of nitrogen functional groups attached to an aromatic ring is 1. The summed E-state index contributed by atoms with van der Waals surface area (Å²) in [6.07, 6.45) is 0. The Morgan fingerprint density at radius 1 is 1.11 bits per heavy atom. The Bertz CT molecular complexity index is 807. The van der Waals surface area contributed by atoms with Gasteiger partial charge in [-0.1, -0.05) is 24.3 Å². The van der Waals surface area contributed by atoms with Crippen LogP contribution in [-0.4, -0.2) is 43.1 Å². The van der Waals surface area contributed by atoms with Crippen molar-refractivity contribution in [1.29, 1.82) is 0 Å². The summed E-state index contributed by atoms with van der Waals surface area (Å²) in [7, 11) is 0. The van der Waals surface area contributed by atoms with E-state index in [9.17, 15) is 14.0 Å². The quantitative estimate of drug-likeness (QED) is 0.487. The first-order valence-corrected chi connectivity index (χ1v) is 8.59. The van der Waals surface area contributed by atoms with Gasteiger partial charge in [-0.3, -0.25) is 15.1 Å². The van der Waals surface area contributed by atoms with E-state index in [0.717, 1.165) is 5.56 Å². The van der Waals surface area contributed by atoms with E-state index in [4.69, 9.17) is 10.6 Å². The lowest BCUT2D eigenvalue weighted by atomic mass is 10.1. The molecule has 3 N–H and O–H groups in total. The van der Waals surface area contributed by atoms with Crippen molar-refractivity contribution in [2.75, 3.05) is 31.2 Å². The molecule has 2 aromatic rings. The first-order chi connectivity index (χ1) is 13.1. The van der Waals surface area contributed by atoms with Crippen molar-refractivity contribution < 1.29 is 18.7 Å². The normalized spacial score (nSPS) is 13.9. The highest BCUT2D eigenvalue weighted by molar-refractivity contribution is 5.94. The number of carbonyl (C=O) groups excluding carboxylic acids is 2. The van der Waals surface area contributed by atoms with Crippen LogP contribution >= 0.6 is 0 Å². The molecule has 0 radical (unpaired) electrons. The summed E-state index contributed by atoms with van der Waals surface area (Å²) in [6.45, 7) is 2.00. The molecule has 0 aromatic heterocycles. The number of hydrazine groups is 1. The Labute approximate surface area is 156 Å². The van der Waals surface area contributed by atoms with Crippen molar-refractivity contribution >= 4 is 17.6 Å². The molecule has 0 unspecified atom stereocenters. The van der Waals surface area contributed by atoms with E-state index < -0.39 is 11.7 Å². The molecule has 3 amide bonds. The number of amides is 3. The Kier molecular flexibility index (Phi) is 6.00. The van der Waals surface area contributed by atoms with Crippen LogP contribution in [0.5, 0.6) is 0 Å². The third kappa shape index (κ3) is 4.42. The maximum atomic E-state index is 14.4. The Hall–Kier alpha value is -2.97. The molecule has 1 aliphatic heterocycles. The van der Waals surface area contributed by atoms with E-state index >= 15 is 0 Å². The van der Waals surface area contributed by atoms with E-state index in [2.05, 4.69) is 5.43 Å². The number of nitrogens with two attached hydrogens (primary N) is 1. The second-order valence-electron chi connectivity index (χ2n) is 6.09. The lowest BCUT2D eigenvalue weighted by molar-refractivity contribution is 0.0547. The molecule has 0 saturated carbocycles. The van der Waals surface area contributed by atoms with Crippen molar-refractivity contribution in [2.24, 2.45) is 5.84 Å².